The summed E-state index contributed by atoms with van der Waals surface area (Å²) in [6.45, 7) is 4.97. The molecule has 0 spiro atoms. The summed E-state index contributed by atoms with van der Waals surface area (Å²) in [5.74, 6) is 0.849. The van der Waals surface area contributed by atoms with Crippen molar-refractivity contribution in [3.05, 3.63) is 45.7 Å². The van der Waals surface area contributed by atoms with Crippen molar-refractivity contribution in [2.24, 2.45) is 0 Å². The van der Waals surface area contributed by atoms with E-state index in [1.165, 1.54) is 11.1 Å². The van der Waals surface area contributed by atoms with Crippen LogP contribution < -0.4 is 10.1 Å². The average Bonchev–Trinajstić information content (AvgIpc) is 2.81. The monoisotopic (exact) mass is 323 g/mol. The molecule has 0 radical (unpaired) electrons. The molecule has 1 aromatic heterocycles. The molecule has 2 N–H and O–H groups in total. The normalized spacial score (nSPS) is 12.4. The molecule has 19 heavy (non-hydrogen) atoms. The Balaban J connectivity index is 2.02. The van der Waals surface area contributed by atoms with E-state index >= 15 is 0 Å². The molecule has 0 bridgehead atoms. The number of ether oxygens (including phenoxy) is 1. The standard InChI is InChI=1S/C14H18BrN3O/c1-9(16-7-12-8-17-18-10(12)2)11-4-5-14(19-3)13(15)6-11/h4-6,8-9,16H,7H2,1-3H3,(H,17,18)/t9-/m1/s1. The molecule has 0 aliphatic carbocycles. The van der Waals surface area contributed by atoms with E-state index in [0.29, 0.717) is 0 Å². The van der Waals surface area contributed by atoms with E-state index in [1.807, 2.05) is 19.2 Å². The van der Waals surface area contributed by atoms with Gasteiger partial charge in [0.15, 0.2) is 0 Å². The largest absolute Gasteiger partial charge is 0.496 e. The van der Waals surface area contributed by atoms with Gasteiger partial charge >= 0.3 is 0 Å². The van der Waals surface area contributed by atoms with Gasteiger partial charge in [-0.1, -0.05) is 6.07 Å². The maximum absolute atomic E-state index is 5.23. The van der Waals surface area contributed by atoms with Crippen LogP contribution in [0.2, 0.25) is 0 Å². The van der Waals surface area contributed by atoms with Crippen LogP contribution >= 0.6 is 15.9 Å². The van der Waals surface area contributed by atoms with Crippen LogP contribution in [0.4, 0.5) is 0 Å². The van der Waals surface area contributed by atoms with Gasteiger partial charge in [0.1, 0.15) is 5.75 Å². The Labute approximate surface area is 121 Å². The molecule has 0 fully saturated rings. The molecule has 2 aromatic rings. The van der Waals surface area contributed by atoms with Crippen LogP contribution in [-0.4, -0.2) is 17.3 Å². The molecule has 5 heteroatoms. The summed E-state index contributed by atoms with van der Waals surface area (Å²) in [5.41, 5.74) is 3.52. The van der Waals surface area contributed by atoms with Crippen LogP contribution in [0.25, 0.3) is 0 Å². The van der Waals surface area contributed by atoms with Gasteiger partial charge in [0.05, 0.1) is 17.8 Å². The van der Waals surface area contributed by atoms with E-state index in [9.17, 15) is 0 Å². The minimum Gasteiger partial charge on any atom is -0.496 e. The van der Waals surface area contributed by atoms with Gasteiger partial charge in [-0.05, 0) is 47.5 Å². The zero-order chi connectivity index (χ0) is 13.8. The van der Waals surface area contributed by atoms with Gasteiger partial charge in [-0.2, -0.15) is 5.10 Å². The third-order valence-corrected chi connectivity index (χ3v) is 3.83. The summed E-state index contributed by atoms with van der Waals surface area (Å²) in [7, 11) is 1.67. The second-order valence-electron chi connectivity index (χ2n) is 4.52. The zero-order valence-corrected chi connectivity index (χ0v) is 12.9. The first-order valence-electron chi connectivity index (χ1n) is 6.17. The predicted molar refractivity (Wildman–Crippen MR) is 79.3 cm³/mol. The summed E-state index contributed by atoms with van der Waals surface area (Å²) in [5, 5.41) is 10.4. The predicted octanol–water partition coefficient (Wildman–Crippen LogP) is 3.34. The van der Waals surface area contributed by atoms with Crippen molar-refractivity contribution in [1.29, 1.82) is 0 Å². The van der Waals surface area contributed by atoms with Gasteiger partial charge in [-0.3, -0.25) is 5.10 Å². The summed E-state index contributed by atoms with van der Waals surface area (Å²) in [4.78, 5) is 0. The maximum atomic E-state index is 5.23. The van der Waals surface area contributed by atoms with Gasteiger partial charge in [-0.25, -0.2) is 0 Å². The number of nitrogens with one attached hydrogen (secondary N) is 2. The van der Waals surface area contributed by atoms with Crippen molar-refractivity contribution >= 4 is 15.9 Å². The van der Waals surface area contributed by atoms with Crippen molar-refractivity contribution in [1.82, 2.24) is 15.5 Å². The van der Waals surface area contributed by atoms with Crippen molar-refractivity contribution in [3.8, 4) is 5.75 Å². The lowest BCUT2D eigenvalue weighted by Crippen LogP contribution is -2.18. The number of nitrogens with zero attached hydrogens (tertiary/aromatic N) is 1. The lowest BCUT2D eigenvalue weighted by Gasteiger charge is -2.15. The highest BCUT2D eigenvalue weighted by Crippen LogP contribution is 2.28. The number of H-pyrrole nitrogens is 1. The van der Waals surface area contributed by atoms with E-state index in [0.717, 1.165) is 22.5 Å². The fraction of sp³-hybridized carbons (Fsp3) is 0.357. The molecule has 0 saturated carbocycles. The van der Waals surface area contributed by atoms with Gasteiger partial charge in [0, 0.05) is 23.8 Å². The smallest absolute Gasteiger partial charge is 0.133 e. The van der Waals surface area contributed by atoms with E-state index in [1.54, 1.807) is 7.11 Å². The number of methoxy groups -OCH3 is 1. The van der Waals surface area contributed by atoms with Crippen LogP contribution in [0, 0.1) is 6.92 Å². The van der Waals surface area contributed by atoms with Crippen molar-refractivity contribution in [2.75, 3.05) is 7.11 Å². The first-order valence-corrected chi connectivity index (χ1v) is 6.96. The van der Waals surface area contributed by atoms with Gasteiger partial charge in [-0.15, -0.1) is 0 Å². The molecule has 0 saturated heterocycles. The number of hydrogen-bond donors (Lipinski definition) is 2. The topological polar surface area (TPSA) is 49.9 Å². The molecule has 0 aliphatic rings. The average molecular weight is 324 g/mol. The fourth-order valence-electron chi connectivity index (χ4n) is 1.89. The van der Waals surface area contributed by atoms with Crippen molar-refractivity contribution in [3.63, 3.8) is 0 Å². The minimum atomic E-state index is 0.261. The molecule has 0 aliphatic heterocycles. The zero-order valence-electron chi connectivity index (χ0n) is 11.3. The Hall–Kier alpha value is -1.33. The molecule has 2 rings (SSSR count). The van der Waals surface area contributed by atoms with E-state index < -0.39 is 0 Å². The number of aromatic nitrogens is 2. The van der Waals surface area contributed by atoms with Gasteiger partial charge in [0.25, 0.3) is 0 Å². The Morgan fingerprint density at radius 3 is 2.84 bits per heavy atom. The third-order valence-electron chi connectivity index (χ3n) is 3.21. The maximum Gasteiger partial charge on any atom is 0.133 e. The molecular formula is C14H18BrN3O. The van der Waals surface area contributed by atoms with Crippen molar-refractivity contribution in [2.45, 2.75) is 26.4 Å². The second-order valence-corrected chi connectivity index (χ2v) is 5.37. The summed E-state index contributed by atoms with van der Waals surface area (Å²) < 4.78 is 6.21. The fourth-order valence-corrected chi connectivity index (χ4v) is 2.45. The van der Waals surface area contributed by atoms with E-state index in [4.69, 9.17) is 4.74 Å². The number of aromatic amines is 1. The lowest BCUT2D eigenvalue weighted by molar-refractivity contribution is 0.411. The van der Waals surface area contributed by atoms with Crippen LogP contribution in [0.3, 0.4) is 0 Å². The highest BCUT2D eigenvalue weighted by atomic mass is 79.9. The first kappa shape index (κ1) is 14.1. The number of hydrogen-bond acceptors (Lipinski definition) is 3. The van der Waals surface area contributed by atoms with Gasteiger partial charge < -0.3 is 10.1 Å². The Morgan fingerprint density at radius 2 is 2.26 bits per heavy atom. The van der Waals surface area contributed by atoms with Crippen molar-refractivity contribution < 1.29 is 4.74 Å². The van der Waals surface area contributed by atoms with Crippen LogP contribution in [0.15, 0.2) is 28.9 Å². The quantitative estimate of drug-likeness (QED) is 0.887. The molecular weight excluding hydrogens is 306 g/mol. The van der Waals surface area contributed by atoms with Crippen LogP contribution in [-0.2, 0) is 6.54 Å². The molecule has 1 heterocycles. The van der Waals surface area contributed by atoms with Gasteiger partial charge in [0.2, 0.25) is 0 Å². The summed E-state index contributed by atoms with van der Waals surface area (Å²) in [6, 6.07) is 6.39. The number of aryl methyl sites for hydroxylation is 1. The highest BCUT2D eigenvalue weighted by Gasteiger charge is 2.09. The summed E-state index contributed by atoms with van der Waals surface area (Å²) in [6.07, 6.45) is 1.86. The third kappa shape index (κ3) is 3.36. The Kier molecular flexibility index (Phi) is 4.61. The van der Waals surface area contributed by atoms with Crippen LogP contribution in [0.1, 0.15) is 29.8 Å². The molecule has 1 atom stereocenters. The lowest BCUT2D eigenvalue weighted by atomic mass is 10.1. The SMILES string of the molecule is COc1ccc([C@@H](C)NCc2cn[nH]c2C)cc1Br. The number of halogens is 1. The number of benzene rings is 1. The second kappa shape index (κ2) is 6.21. The Bertz CT molecular complexity index is 553. The molecule has 0 unspecified atom stereocenters. The first-order chi connectivity index (χ1) is 9.11. The molecule has 0 amide bonds. The summed E-state index contributed by atoms with van der Waals surface area (Å²) >= 11 is 3.51. The highest BCUT2D eigenvalue weighted by molar-refractivity contribution is 9.10. The van der Waals surface area contributed by atoms with E-state index in [-0.39, 0.29) is 6.04 Å². The minimum absolute atomic E-state index is 0.261. The van der Waals surface area contributed by atoms with E-state index in [2.05, 4.69) is 50.5 Å². The van der Waals surface area contributed by atoms with Crippen LogP contribution in [0.5, 0.6) is 5.75 Å². The molecule has 4 nitrogen and oxygen atoms in total. The Morgan fingerprint density at radius 1 is 1.47 bits per heavy atom. The molecule has 1 aromatic carbocycles. The number of rotatable bonds is 5. The molecule has 102 valence electrons.